The van der Waals surface area contributed by atoms with Crippen LogP contribution in [-0.2, 0) is 21.9 Å². The molecule has 1 amide bonds. The third-order valence-corrected chi connectivity index (χ3v) is 6.62. The fourth-order valence-electron chi connectivity index (χ4n) is 4.27. The van der Waals surface area contributed by atoms with Crippen molar-refractivity contribution < 1.29 is 13.2 Å². The van der Waals surface area contributed by atoms with Gasteiger partial charge in [0.15, 0.2) is 0 Å². The molecule has 0 spiro atoms. The standard InChI is InChI=1S/C22H23N3O3S/c1-14-22(15(2)24(3)23-14)25(29(4,27)28)21(26)13-20-18-11-7-5-9-16(18)17-10-6-8-12-19(17)20/h5-12,20H,13H2,1-4H3. The van der Waals surface area contributed by atoms with Crippen LogP contribution in [0.4, 0.5) is 5.69 Å². The Bertz CT molecular complexity index is 1180. The number of nitrogens with zero attached hydrogens (tertiary/aromatic N) is 3. The molecule has 0 saturated carbocycles. The van der Waals surface area contributed by atoms with Gasteiger partial charge in [0.2, 0.25) is 15.9 Å². The van der Waals surface area contributed by atoms with E-state index < -0.39 is 15.9 Å². The van der Waals surface area contributed by atoms with Gasteiger partial charge >= 0.3 is 0 Å². The second-order valence-corrected chi connectivity index (χ2v) is 9.33. The van der Waals surface area contributed by atoms with E-state index in [0.717, 1.165) is 32.8 Å². The molecule has 7 heteroatoms. The molecule has 0 bridgehead atoms. The number of aryl methyl sites for hydroxylation is 2. The number of rotatable bonds is 4. The number of carbonyl (C=O) groups excluding carboxylic acids is 1. The van der Waals surface area contributed by atoms with Gasteiger partial charge in [-0.15, -0.1) is 0 Å². The van der Waals surface area contributed by atoms with Crippen molar-refractivity contribution in [2.24, 2.45) is 7.05 Å². The summed E-state index contributed by atoms with van der Waals surface area (Å²) in [5.74, 6) is -0.639. The fraction of sp³-hybridized carbons (Fsp3) is 0.273. The lowest BCUT2D eigenvalue weighted by Gasteiger charge is -2.23. The van der Waals surface area contributed by atoms with Crippen LogP contribution in [0, 0.1) is 13.8 Å². The Hall–Kier alpha value is -2.93. The van der Waals surface area contributed by atoms with Gasteiger partial charge in [-0.05, 0) is 36.1 Å². The molecule has 2 aromatic carbocycles. The minimum atomic E-state index is -3.81. The van der Waals surface area contributed by atoms with E-state index in [9.17, 15) is 13.2 Å². The van der Waals surface area contributed by atoms with E-state index in [4.69, 9.17) is 0 Å². The zero-order chi connectivity index (χ0) is 20.9. The molecule has 6 nitrogen and oxygen atoms in total. The highest BCUT2D eigenvalue weighted by Gasteiger charge is 2.35. The van der Waals surface area contributed by atoms with E-state index in [1.807, 2.05) is 48.5 Å². The van der Waals surface area contributed by atoms with Crippen LogP contribution < -0.4 is 4.31 Å². The van der Waals surface area contributed by atoms with E-state index in [2.05, 4.69) is 5.10 Å². The summed E-state index contributed by atoms with van der Waals surface area (Å²) in [4.78, 5) is 13.4. The lowest BCUT2D eigenvalue weighted by atomic mass is 9.93. The number of hydrogen-bond donors (Lipinski definition) is 0. The Morgan fingerprint density at radius 2 is 1.55 bits per heavy atom. The second-order valence-electron chi connectivity index (χ2n) is 7.50. The largest absolute Gasteiger partial charge is 0.273 e. The van der Waals surface area contributed by atoms with E-state index in [1.54, 1.807) is 25.6 Å². The van der Waals surface area contributed by atoms with Crippen molar-refractivity contribution in [1.82, 2.24) is 9.78 Å². The highest BCUT2D eigenvalue weighted by molar-refractivity contribution is 7.92. The van der Waals surface area contributed by atoms with Crippen LogP contribution in [0.5, 0.6) is 0 Å². The van der Waals surface area contributed by atoms with E-state index >= 15 is 0 Å². The highest BCUT2D eigenvalue weighted by Crippen LogP contribution is 2.46. The van der Waals surface area contributed by atoms with Gasteiger partial charge in [-0.25, -0.2) is 12.7 Å². The molecule has 0 atom stereocenters. The van der Waals surface area contributed by atoms with Crippen molar-refractivity contribution in [2.75, 3.05) is 10.6 Å². The smallest absolute Gasteiger partial charge is 0.241 e. The molecule has 0 N–H and O–H groups in total. The zero-order valence-electron chi connectivity index (χ0n) is 16.9. The van der Waals surface area contributed by atoms with Crippen molar-refractivity contribution in [2.45, 2.75) is 26.2 Å². The van der Waals surface area contributed by atoms with Crippen molar-refractivity contribution in [1.29, 1.82) is 0 Å². The number of sulfonamides is 1. The van der Waals surface area contributed by atoms with Crippen LogP contribution >= 0.6 is 0 Å². The average molecular weight is 410 g/mol. The topological polar surface area (TPSA) is 72.3 Å². The summed E-state index contributed by atoms with van der Waals surface area (Å²) in [6.07, 6.45) is 1.13. The molecule has 0 aliphatic heterocycles. The molecule has 1 heterocycles. The van der Waals surface area contributed by atoms with Crippen LogP contribution in [-0.4, -0.2) is 30.4 Å². The van der Waals surface area contributed by atoms with Gasteiger partial charge in [-0.1, -0.05) is 48.5 Å². The molecule has 3 aromatic rings. The Balaban J connectivity index is 1.78. The molecular formula is C22H23N3O3S. The lowest BCUT2D eigenvalue weighted by Crippen LogP contribution is -2.37. The molecule has 4 rings (SSSR count). The van der Waals surface area contributed by atoms with Gasteiger partial charge in [0, 0.05) is 19.4 Å². The Kier molecular flexibility index (Phi) is 4.58. The van der Waals surface area contributed by atoms with Gasteiger partial charge in [0.1, 0.15) is 5.69 Å². The summed E-state index contributed by atoms with van der Waals surface area (Å²) in [6.45, 7) is 3.48. The molecule has 0 unspecified atom stereocenters. The highest BCUT2D eigenvalue weighted by atomic mass is 32.2. The lowest BCUT2D eigenvalue weighted by molar-refractivity contribution is -0.117. The summed E-state index contributed by atoms with van der Waals surface area (Å²) in [5, 5.41) is 4.29. The van der Waals surface area contributed by atoms with Crippen LogP contribution in [0.3, 0.4) is 0 Å². The molecule has 0 saturated heterocycles. The first kappa shape index (κ1) is 19.4. The average Bonchev–Trinajstić information content (AvgIpc) is 3.10. The summed E-state index contributed by atoms with van der Waals surface area (Å²) in [7, 11) is -2.08. The summed E-state index contributed by atoms with van der Waals surface area (Å²) < 4.78 is 27.8. The van der Waals surface area contributed by atoms with Gasteiger partial charge in [0.25, 0.3) is 0 Å². The molecule has 150 valence electrons. The van der Waals surface area contributed by atoms with Crippen molar-refractivity contribution in [3.63, 3.8) is 0 Å². The molecule has 0 fully saturated rings. The van der Waals surface area contributed by atoms with Crippen LogP contribution in [0.2, 0.25) is 0 Å². The number of benzene rings is 2. The van der Waals surface area contributed by atoms with Gasteiger partial charge in [-0.2, -0.15) is 5.10 Å². The first-order valence-corrected chi connectivity index (χ1v) is 11.3. The SMILES string of the molecule is Cc1nn(C)c(C)c1N(C(=O)CC1c2ccccc2-c2ccccc21)S(C)(=O)=O. The van der Waals surface area contributed by atoms with Crippen molar-refractivity contribution in [3.8, 4) is 11.1 Å². The molecular weight excluding hydrogens is 386 g/mol. The summed E-state index contributed by atoms with van der Waals surface area (Å²) in [6, 6.07) is 16.0. The van der Waals surface area contributed by atoms with Gasteiger partial charge in [0.05, 0.1) is 17.6 Å². The fourth-order valence-corrected chi connectivity index (χ4v) is 5.31. The summed E-state index contributed by atoms with van der Waals surface area (Å²) >= 11 is 0. The van der Waals surface area contributed by atoms with Crippen LogP contribution in [0.1, 0.15) is 34.9 Å². The van der Waals surface area contributed by atoms with E-state index in [-0.39, 0.29) is 12.3 Å². The van der Waals surface area contributed by atoms with E-state index in [0.29, 0.717) is 17.1 Å². The Labute approximate surface area is 170 Å². The molecule has 1 aliphatic rings. The number of carbonyl (C=O) groups is 1. The summed E-state index contributed by atoms with van der Waals surface area (Å²) in [5.41, 5.74) is 5.79. The van der Waals surface area contributed by atoms with Gasteiger partial charge in [-0.3, -0.25) is 9.48 Å². The Morgan fingerprint density at radius 3 is 2.00 bits per heavy atom. The number of hydrogen-bond acceptors (Lipinski definition) is 4. The molecule has 0 radical (unpaired) electrons. The normalized spacial score (nSPS) is 13.2. The second kappa shape index (κ2) is 6.84. The van der Waals surface area contributed by atoms with Crippen molar-refractivity contribution in [3.05, 3.63) is 71.0 Å². The quantitative estimate of drug-likeness (QED) is 0.661. The molecule has 1 aliphatic carbocycles. The third kappa shape index (κ3) is 3.15. The Morgan fingerprint density at radius 1 is 1.03 bits per heavy atom. The zero-order valence-corrected chi connectivity index (χ0v) is 17.7. The number of aromatic nitrogens is 2. The maximum absolute atomic E-state index is 13.4. The number of fused-ring (bicyclic) bond motifs is 3. The third-order valence-electron chi connectivity index (χ3n) is 5.57. The minimum Gasteiger partial charge on any atom is -0.273 e. The van der Waals surface area contributed by atoms with E-state index in [1.165, 1.54) is 0 Å². The predicted molar refractivity (Wildman–Crippen MR) is 113 cm³/mol. The van der Waals surface area contributed by atoms with Crippen LogP contribution in [0.25, 0.3) is 11.1 Å². The first-order valence-electron chi connectivity index (χ1n) is 9.41. The minimum absolute atomic E-state index is 0.0644. The maximum Gasteiger partial charge on any atom is 0.241 e. The number of anilines is 1. The molecule has 1 aromatic heterocycles. The number of amides is 1. The maximum atomic E-state index is 13.4. The monoisotopic (exact) mass is 409 g/mol. The predicted octanol–water partition coefficient (Wildman–Crippen LogP) is 3.53. The van der Waals surface area contributed by atoms with Crippen LogP contribution in [0.15, 0.2) is 48.5 Å². The first-order chi connectivity index (χ1) is 13.7. The molecule has 29 heavy (non-hydrogen) atoms. The van der Waals surface area contributed by atoms with Gasteiger partial charge < -0.3 is 0 Å². The van der Waals surface area contributed by atoms with Crippen molar-refractivity contribution >= 4 is 21.6 Å².